The van der Waals surface area contributed by atoms with Gasteiger partial charge in [-0.3, -0.25) is 0 Å². The fourth-order valence-corrected chi connectivity index (χ4v) is 3.76. The van der Waals surface area contributed by atoms with Crippen molar-refractivity contribution in [1.29, 1.82) is 0 Å². The minimum absolute atomic E-state index is 0.260. The highest BCUT2D eigenvalue weighted by Gasteiger charge is 2.24. The Balaban J connectivity index is 1.80. The quantitative estimate of drug-likeness (QED) is 0.929. The van der Waals surface area contributed by atoms with E-state index in [0.717, 1.165) is 23.8 Å². The van der Waals surface area contributed by atoms with Crippen molar-refractivity contribution in [2.45, 2.75) is 39.3 Å². The van der Waals surface area contributed by atoms with E-state index >= 15 is 0 Å². The Bertz CT molecular complexity index is 608. The van der Waals surface area contributed by atoms with Crippen LogP contribution in [0.1, 0.15) is 46.6 Å². The van der Waals surface area contributed by atoms with Gasteiger partial charge in [-0.05, 0) is 26.8 Å². The molecule has 1 aromatic heterocycles. The number of hydrogen-bond donors (Lipinski definition) is 1. The molecule has 0 amide bonds. The number of nitrogens with zero attached hydrogens (tertiary/aromatic N) is 1. The van der Waals surface area contributed by atoms with E-state index in [4.69, 9.17) is 4.74 Å². The Morgan fingerprint density at radius 1 is 1.35 bits per heavy atom. The largest absolute Gasteiger partial charge is 0.493 e. The molecule has 2 heterocycles. The number of fused-ring (bicyclic) bond motifs is 1. The van der Waals surface area contributed by atoms with Crippen LogP contribution in [0.15, 0.2) is 24.3 Å². The highest BCUT2D eigenvalue weighted by molar-refractivity contribution is 7.11. The highest BCUT2D eigenvalue weighted by Crippen LogP contribution is 2.34. The van der Waals surface area contributed by atoms with Gasteiger partial charge in [0.1, 0.15) is 5.75 Å². The third-order valence-electron chi connectivity index (χ3n) is 3.76. The lowest BCUT2D eigenvalue weighted by molar-refractivity contribution is 0.245. The van der Waals surface area contributed by atoms with E-state index in [2.05, 4.69) is 43.2 Å². The van der Waals surface area contributed by atoms with Crippen LogP contribution in [0.25, 0.3) is 0 Å². The zero-order chi connectivity index (χ0) is 14.1. The van der Waals surface area contributed by atoms with Crippen molar-refractivity contribution in [2.24, 2.45) is 0 Å². The Morgan fingerprint density at radius 3 is 2.90 bits per heavy atom. The van der Waals surface area contributed by atoms with Crippen molar-refractivity contribution in [3.63, 3.8) is 0 Å². The van der Waals surface area contributed by atoms with E-state index < -0.39 is 0 Å². The molecule has 2 atom stereocenters. The van der Waals surface area contributed by atoms with Gasteiger partial charge in [0, 0.05) is 28.9 Å². The molecule has 3 nitrogen and oxygen atoms in total. The van der Waals surface area contributed by atoms with Crippen molar-refractivity contribution < 1.29 is 4.74 Å². The Kier molecular flexibility index (Phi) is 3.76. The zero-order valence-corrected chi connectivity index (χ0v) is 13.0. The van der Waals surface area contributed by atoms with Gasteiger partial charge in [0.2, 0.25) is 0 Å². The smallest absolute Gasteiger partial charge is 0.124 e. The topological polar surface area (TPSA) is 34.2 Å². The van der Waals surface area contributed by atoms with Crippen LogP contribution in [0, 0.1) is 13.8 Å². The lowest BCUT2D eigenvalue weighted by atomic mass is 9.99. The molecule has 3 rings (SSSR count). The van der Waals surface area contributed by atoms with Crippen molar-refractivity contribution in [3.05, 3.63) is 45.4 Å². The molecule has 2 aromatic rings. The molecule has 0 radical (unpaired) electrons. The van der Waals surface area contributed by atoms with Crippen LogP contribution in [0.5, 0.6) is 5.75 Å². The number of ether oxygens (including phenoxy) is 1. The molecule has 20 heavy (non-hydrogen) atoms. The second-order valence-corrected chi connectivity index (χ2v) is 6.70. The molecule has 1 aliphatic heterocycles. The number of hydrogen-bond acceptors (Lipinski definition) is 4. The SMILES string of the molecule is Cc1nc(C(C)NC2CCOc3ccccc32)c(C)s1. The van der Waals surface area contributed by atoms with Crippen LogP contribution in [-0.2, 0) is 0 Å². The Morgan fingerprint density at radius 2 is 2.15 bits per heavy atom. The van der Waals surface area contributed by atoms with E-state index in [0.29, 0.717) is 6.04 Å². The third kappa shape index (κ3) is 2.58. The normalized spacial score (nSPS) is 19.2. The standard InChI is InChI=1S/C16H20N2OS/c1-10(16-11(2)20-12(3)18-16)17-14-8-9-19-15-7-5-4-6-13(14)15/h4-7,10,14,17H,8-9H2,1-3H3. The molecule has 0 fully saturated rings. The molecule has 4 heteroatoms. The van der Waals surface area contributed by atoms with Crippen molar-refractivity contribution in [2.75, 3.05) is 6.61 Å². The Hall–Kier alpha value is -1.39. The van der Waals surface area contributed by atoms with Crippen LogP contribution in [-0.4, -0.2) is 11.6 Å². The summed E-state index contributed by atoms with van der Waals surface area (Å²) in [5.74, 6) is 1.01. The molecule has 0 aliphatic carbocycles. The van der Waals surface area contributed by atoms with Crippen molar-refractivity contribution in [1.82, 2.24) is 10.3 Å². The summed E-state index contributed by atoms with van der Waals surface area (Å²) in [6.45, 7) is 7.18. The number of thiazole rings is 1. The van der Waals surface area contributed by atoms with Gasteiger partial charge < -0.3 is 10.1 Å². The predicted molar refractivity (Wildman–Crippen MR) is 82.4 cm³/mol. The summed E-state index contributed by atoms with van der Waals surface area (Å²) in [4.78, 5) is 5.96. The number of benzene rings is 1. The molecule has 1 aromatic carbocycles. The van der Waals surface area contributed by atoms with Gasteiger partial charge in [-0.1, -0.05) is 18.2 Å². The third-order valence-corrected chi connectivity index (χ3v) is 4.66. The summed E-state index contributed by atoms with van der Waals surface area (Å²) in [5, 5.41) is 4.85. The maximum absolute atomic E-state index is 5.72. The molecule has 106 valence electrons. The first kappa shape index (κ1) is 13.6. The molecule has 1 aliphatic rings. The first-order valence-electron chi connectivity index (χ1n) is 7.07. The van der Waals surface area contributed by atoms with Gasteiger partial charge in [0.05, 0.1) is 17.3 Å². The first-order valence-corrected chi connectivity index (χ1v) is 7.88. The minimum Gasteiger partial charge on any atom is -0.493 e. The van der Waals surface area contributed by atoms with Crippen LogP contribution >= 0.6 is 11.3 Å². The summed E-state index contributed by atoms with van der Waals surface area (Å²) < 4.78 is 5.72. The molecule has 1 N–H and O–H groups in total. The summed E-state index contributed by atoms with van der Waals surface area (Å²) in [7, 11) is 0. The monoisotopic (exact) mass is 288 g/mol. The number of aromatic nitrogens is 1. The maximum Gasteiger partial charge on any atom is 0.124 e. The average molecular weight is 288 g/mol. The van der Waals surface area contributed by atoms with Gasteiger partial charge in [-0.15, -0.1) is 11.3 Å². The van der Waals surface area contributed by atoms with E-state index in [1.807, 2.05) is 12.1 Å². The number of aryl methyl sites for hydroxylation is 2. The van der Waals surface area contributed by atoms with E-state index in [-0.39, 0.29) is 6.04 Å². The van der Waals surface area contributed by atoms with Crippen LogP contribution in [0.2, 0.25) is 0 Å². The van der Waals surface area contributed by atoms with Gasteiger partial charge in [0.25, 0.3) is 0 Å². The molecule has 0 saturated carbocycles. The second kappa shape index (κ2) is 5.54. The fraction of sp³-hybridized carbons (Fsp3) is 0.438. The summed E-state index contributed by atoms with van der Waals surface area (Å²) >= 11 is 1.77. The van der Waals surface area contributed by atoms with Crippen LogP contribution in [0.4, 0.5) is 0 Å². The fourth-order valence-electron chi connectivity index (χ4n) is 2.84. The van der Waals surface area contributed by atoms with Crippen molar-refractivity contribution >= 4 is 11.3 Å². The molecule has 0 bridgehead atoms. The van der Waals surface area contributed by atoms with Gasteiger partial charge >= 0.3 is 0 Å². The number of para-hydroxylation sites is 1. The highest BCUT2D eigenvalue weighted by atomic mass is 32.1. The van der Waals surface area contributed by atoms with Crippen LogP contribution in [0.3, 0.4) is 0 Å². The number of rotatable bonds is 3. The van der Waals surface area contributed by atoms with E-state index in [1.165, 1.54) is 16.1 Å². The van der Waals surface area contributed by atoms with E-state index in [1.54, 1.807) is 11.3 Å². The first-order chi connectivity index (χ1) is 9.65. The summed E-state index contributed by atoms with van der Waals surface area (Å²) in [5.41, 5.74) is 2.44. The summed E-state index contributed by atoms with van der Waals surface area (Å²) in [6, 6.07) is 8.90. The zero-order valence-electron chi connectivity index (χ0n) is 12.1. The van der Waals surface area contributed by atoms with Crippen LogP contribution < -0.4 is 10.1 Å². The average Bonchev–Trinajstić information content (AvgIpc) is 2.78. The lowest BCUT2D eigenvalue weighted by Crippen LogP contribution is -2.29. The number of nitrogens with one attached hydrogen (secondary N) is 1. The van der Waals surface area contributed by atoms with Gasteiger partial charge in [0.15, 0.2) is 0 Å². The molecule has 2 unspecified atom stereocenters. The molecular formula is C16H20N2OS. The second-order valence-electron chi connectivity index (χ2n) is 5.29. The maximum atomic E-state index is 5.72. The molecule has 0 saturated heterocycles. The Labute approximate surface area is 124 Å². The predicted octanol–water partition coefficient (Wildman–Crippen LogP) is 3.93. The molecular weight excluding hydrogens is 268 g/mol. The molecule has 0 spiro atoms. The van der Waals surface area contributed by atoms with Gasteiger partial charge in [-0.25, -0.2) is 4.98 Å². The lowest BCUT2D eigenvalue weighted by Gasteiger charge is -2.29. The summed E-state index contributed by atoms with van der Waals surface area (Å²) in [6.07, 6.45) is 1.00. The van der Waals surface area contributed by atoms with Gasteiger partial charge in [-0.2, -0.15) is 0 Å². The minimum atomic E-state index is 0.260. The van der Waals surface area contributed by atoms with Crippen molar-refractivity contribution in [3.8, 4) is 5.75 Å². The van der Waals surface area contributed by atoms with E-state index in [9.17, 15) is 0 Å².